The maximum atomic E-state index is 13.6. The van der Waals surface area contributed by atoms with Crippen molar-refractivity contribution in [3.63, 3.8) is 0 Å². The van der Waals surface area contributed by atoms with Gasteiger partial charge in [-0.15, -0.1) is 0 Å². The highest BCUT2D eigenvalue weighted by Crippen LogP contribution is 2.33. The van der Waals surface area contributed by atoms with Crippen LogP contribution in [0.4, 0.5) is 5.82 Å². The van der Waals surface area contributed by atoms with Crippen molar-refractivity contribution in [2.24, 2.45) is 18.0 Å². The normalized spacial score (nSPS) is 18.4. The molecule has 5 rings (SSSR count). The van der Waals surface area contributed by atoms with Gasteiger partial charge in [-0.1, -0.05) is 5.57 Å². The number of rotatable bonds is 7. The molecule has 1 N–H and O–H groups in total. The first kappa shape index (κ1) is 26.0. The summed E-state index contributed by atoms with van der Waals surface area (Å²) in [5.74, 6) is 0.225. The van der Waals surface area contributed by atoms with E-state index in [0.29, 0.717) is 17.3 Å². The minimum absolute atomic E-state index is 0.177. The third-order valence-corrected chi connectivity index (χ3v) is 7.80. The van der Waals surface area contributed by atoms with E-state index in [2.05, 4.69) is 51.1 Å². The molecule has 38 heavy (non-hydrogen) atoms. The van der Waals surface area contributed by atoms with Gasteiger partial charge in [0.2, 0.25) is 0 Å². The van der Waals surface area contributed by atoms with Crippen molar-refractivity contribution in [1.29, 1.82) is 0 Å². The Hall–Kier alpha value is -3.65. The van der Waals surface area contributed by atoms with Gasteiger partial charge in [0.1, 0.15) is 5.82 Å². The minimum Gasteiger partial charge on any atom is -0.381 e. The van der Waals surface area contributed by atoms with Gasteiger partial charge in [-0.25, -0.2) is 4.99 Å². The van der Waals surface area contributed by atoms with E-state index in [1.807, 2.05) is 50.7 Å². The molecule has 1 fully saturated rings. The zero-order valence-corrected chi connectivity index (χ0v) is 23.0. The molecule has 0 aromatic carbocycles. The SMILES string of the molecule is CCN(c1c(C)c(C(=O)NCC2C(=O)N=C(C)C=C2C)cc2cc(-c3ccn(C)c3)cn12)C1CCOCC1. The van der Waals surface area contributed by atoms with Gasteiger partial charge in [-0.2, -0.15) is 0 Å². The van der Waals surface area contributed by atoms with Crippen LogP contribution in [0.15, 0.2) is 53.4 Å². The molecular weight excluding hydrogens is 478 g/mol. The molecule has 0 aliphatic carbocycles. The van der Waals surface area contributed by atoms with E-state index < -0.39 is 5.92 Å². The second-order valence-corrected chi connectivity index (χ2v) is 10.5. The second-order valence-electron chi connectivity index (χ2n) is 10.5. The number of allylic oxidation sites excluding steroid dienone is 1. The number of aryl methyl sites for hydroxylation is 1. The minimum atomic E-state index is -0.432. The zero-order valence-electron chi connectivity index (χ0n) is 23.0. The number of nitrogens with zero attached hydrogens (tertiary/aromatic N) is 4. The number of hydrogen-bond donors (Lipinski definition) is 1. The van der Waals surface area contributed by atoms with Crippen molar-refractivity contribution < 1.29 is 14.3 Å². The molecule has 0 bridgehead atoms. The largest absolute Gasteiger partial charge is 0.381 e. The van der Waals surface area contributed by atoms with E-state index in [9.17, 15) is 9.59 Å². The first-order valence-corrected chi connectivity index (χ1v) is 13.4. The highest BCUT2D eigenvalue weighted by atomic mass is 16.5. The summed E-state index contributed by atoms with van der Waals surface area (Å²) >= 11 is 0. The number of ether oxygens (including phenoxy) is 1. The van der Waals surface area contributed by atoms with Crippen molar-refractivity contribution in [3.8, 4) is 11.1 Å². The first-order valence-electron chi connectivity index (χ1n) is 13.4. The number of carbonyl (C=O) groups is 2. The Morgan fingerprint density at radius 1 is 1.16 bits per heavy atom. The lowest BCUT2D eigenvalue weighted by molar-refractivity contribution is -0.120. The van der Waals surface area contributed by atoms with Crippen molar-refractivity contribution in [2.75, 3.05) is 31.2 Å². The van der Waals surface area contributed by atoms with E-state index in [1.54, 1.807) is 0 Å². The standard InChI is InChI=1S/C30H37N5O3/c1-6-34(24-8-11-38-12-9-24)30-21(4)26(28(36)31-16-27-19(2)13-20(3)32-29(27)37)15-25-14-23(18-35(25)30)22-7-10-33(5)17-22/h7,10,13-15,17-18,24,27H,6,8-9,11-12,16H2,1-5H3,(H,31,36). The lowest BCUT2D eigenvalue weighted by Gasteiger charge is -2.37. The highest BCUT2D eigenvalue weighted by Gasteiger charge is 2.28. The number of amides is 2. The van der Waals surface area contributed by atoms with Crippen molar-refractivity contribution in [2.45, 2.75) is 46.6 Å². The smallest absolute Gasteiger partial charge is 0.254 e. The van der Waals surface area contributed by atoms with Gasteiger partial charge in [-0.3, -0.25) is 9.59 Å². The summed E-state index contributed by atoms with van der Waals surface area (Å²) in [4.78, 5) is 32.6. The van der Waals surface area contributed by atoms with Crippen LogP contribution in [0.25, 0.3) is 16.6 Å². The second kappa shape index (κ2) is 10.6. The van der Waals surface area contributed by atoms with Crippen LogP contribution < -0.4 is 10.2 Å². The molecule has 0 spiro atoms. The van der Waals surface area contributed by atoms with Gasteiger partial charge in [-0.05, 0) is 64.8 Å². The molecule has 0 radical (unpaired) electrons. The number of hydrogen-bond acceptors (Lipinski definition) is 4. The predicted molar refractivity (Wildman–Crippen MR) is 151 cm³/mol. The van der Waals surface area contributed by atoms with Crippen LogP contribution in [0.3, 0.4) is 0 Å². The summed E-state index contributed by atoms with van der Waals surface area (Å²) in [5, 5.41) is 3.03. The maximum absolute atomic E-state index is 13.6. The number of dihydropyridines is 1. The van der Waals surface area contributed by atoms with Crippen LogP contribution in [0.1, 0.15) is 49.5 Å². The third kappa shape index (κ3) is 4.92. The topological polar surface area (TPSA) is 80.3 Å². The Labute approximate surface area is 224 Å². The lowest BCUT2D eigenvalue weighted by Crippen LogP contribution is -2.41. The fourth-order valence-corrected chi connectivity index (χ4v) is 5.78. The summed E-state index contributed by atoms with van der Waals surface area (Å²) in [6, 6.07) is 6.55. The molecule has 2 aliphatic heterocycles. The number of anilines is 1. The Bertz CT molecular complexity index is 1440. The van der Waals surface area contributed by atoms with E-state index >= 15 is 0 Å². The van der Waals surface area contributed by atoms with Crippen LogP contribution in [-0.2, 0) is 16.6 Å². The summed E-state index contributed by atoms with van der Waals surface area (Å²) < 4.78 is 9.91. The van der Waals surface area contributed by atoms with Crippen molar-refractivity contribution in [3.05, 3.63) is 59.6 Å². The fourth-order valence-electron chi connectivity index (χ4n) is 5.78. The monoisotopic (exact) mass is 515 g/mol. The Balaban J connectivity index is 1.54. The number of aromatic nitrogens is 2. The molecule has 8 nitrogen and oxygen atoms in total. The van der Waals surface area contributed by atoms with Gasteiger partial charge in [0.15, 0.2) is 0 Å². The number of fused-ring (bicyclic) bond motifs is 1. The van der Waals surface area contributed by atoms with Crippen molar-refractivity contribution >= 4 is 28.9 Å². The van der Waals surface area contributed by atoms with E-state index in [4.69, 9.17) is 4.74 Å². The summed E-state index contributed by atoms with van der Waals surface area (Å²) in [7, 11) is 2.02. The molecule has 200 valence electrons. The number of carbonyl (C=O) groups excluding carboxylic acids is 2. The molecule has 1 unspecified atom stereocenters. The van der Waals surface area contributed by atoms with Gasteiger partial charge in [0.25, 0.3) is 11.8 Å². The van der Waals surface area contributed by atoms with Crippen LogP contribution in [0, 0.1) is 12.8 Å². The van der Waals surface area contributed by atoms with Crippen molar-refractivity contribution in [1.82, 2.24) is 14.3 Å². The Morgan fingerprint density at radius 2 is 1.92 bits per heavy atom. The zero-order chi connectivity index (χ0) is 27.0. The molecule has 0 saturated carbocycles. The number of pyridine rings is 1. The number of nitrogens with one attached hydrogen (secondary N) is 1. The molecule has 2 amide bonds. The quantitative estimate of drug-likeness (QED) is 0.501. The molecule has 1 saturated heterocycles. The van der Waals surface area contributed by atoms with Crippen LogP contribution in [0.2, 0.25) is 0 Å². The van der Waals surface area contributed by atoms with E-state index in [-0.39, 0.29) is 18.4 Å². The Morgan fingerprint density at radius 3 is 2.58 bits per heavy atom. The van der Waals surface area contributed by atoms with E-state index in [1.165, 1.54) is 0 Å². The molecule has 5 heterocycles. The van der Waals surface area contributed by atoms with Gasteiger partial charge >= 0.3 is 0 Å². The first-order chi connectivity index (χ1) is 18.3. The molecule has 8 heteroatoms. The average Bonchev–Trinajstić information content (AvgIpc) is 3.51. The third-order valence-electron chi connectivity index (χ3n) is 7.80. The van der Waals surface area contributed by atoms with Gasteiger partial charge in [0.05, 0.1) is 5.92 Å². The van der Waals surface area contributed by atoms with E-state index in [0.717, 1.165) is 66.2 Å². The molecule has 3 aromatic rings. The molecular formula is C30H37N5O3. The fraction of sp³-hybridized carbons (Fsp3) is 0.433. The van der Waals surface area contributed by atoms with Crippen LogP contribution in [-0.4, -0.2) is 58.8 Å². The van der Waals surface area contributed by atoms with Crippen LogP contribution in [0.5, 0.6) is 0 Å². The van der Waals surface area contributed by atoms with Crippen LogP contribution >= 0.6 is 0 Å². The summed E-state index contributed by atoms with van der Waals surface area (Å²) in [5.41, 5.74) is 6.38. The molecule has 2 aliphatic rings. The number of aliphatic imine (C=N–C) groups is 1. The highest BCUT2D eigenvalue weighted by molar-refractivity contribution is 6.06. The summed E-state index contributed by atoms with van der Waals surface area (Å²) in [6.07, 6.45) is 10.1. The average molecular weight is 516 g/mol. The predicted octanol–water partition coefficient (Wildman–Crippen LogP) is 4.55. The summed E-state index contributed by atoms with van der Waals surface area (Å²) in [6.45, 7) is 10.5. The Kier molecular flexibility index (Phi) is 7.25. The van der Waals surface area contributed by atoms with Gasteiger partial charge in [0, 0.05) is 91.5 Å². The maximum Gasteiger partial charge on any atom is 0.254 e. The molecule has 3 aromatic heterocycles. The van der Waals surface area contributed by atoms with Gasteiger partial charge < -0.3 is 23.9 Å². The lowest BCUT2D eigenvalue weighted by atomic mass is 9.95. The molecule has 1 atom stereocenters.